The molecule has 0 spiro atoms. The maximum Gasteiger partial charge on any atom is 0.325 e. The summed E-state index contributed by atoms with van der Waals surface area (Å²) in [5.41, 5.74) is 0.737. The van der Waals surface area contributed by atoms with Crippen molar-refractivity contribution in [1.82, 2.24) is 14.5 Å². The largest absolute Gasteiger partial charge is 0.325 e. The van der Waals surface area contributed by atoms with Gasteiger partial charge < -0.3 is 10.6 Å². The van der Waals surface area contributed by atoms with Gasteiger partial charge in [0.25, 0.3) is 5.91 Å². The van der Waals surface area contributed by atoms with Crippen molar-refractivity contribution in [3.63, 3.8) is 0 Å². The molecule has 0 unspecified atom stereocenters. The van der Waals surface area contributed by atoms with Crippen molar-refractivity contribution in [2.45, 2.75) is 57.4 Å². The number of hydrogen-bond acceptors (Lipinski definition) is 5. The van der Waals surface area contributed by atoms with Crippen LogP contribution < -0.4 is 10.6 Å². The molecule has 1 atom stereocenters. The fourth-order valence-electron chi connectivity index (χ4n) is 4.11. The van der Waals surface area contributed by atoms with Crippen molar-refractivity contribution < 1.29 is 22.8 Å². The second kappa shape index (κ2) is 10.0. The number of urea groups is 1. The smallest absolute Gasteiger partial charge is 0.325 e. The normalized spacial score (nSPS) is 18.5. The van der Waals surface area contributed by atoms with Gasteiger partial charge in [0.15, 0.2) is 0 Å². The molecule has 194 valence electrons. The first kappa shape index (κ1) is 27.3. The number of anilines is 1. The Morgan fingerprint density at radius 1 is 1.00 bits per heavy atom. The van der Waals surface area contributed by atoms with Crippen molar-refractivity contribution in [3.05, 3.63) is 59.7 Å². The van der Waals surface area contributed by atoms with Gasteiger partial charge in [-0.05, 0) is 47.7 Å². The van der Waals surface area contributed by atoms with Gasteiger partial charge in [0.05, 0.1) is 4.90 Å². The number of carbonyl (C=O) groups excluding carboxylic acids is 3. The summed E-state index contributed by atoms with van der Waals surface area (Å²) in [7, 11) is -3.62. The zero-order valence-corrected chi connectivity index (χ0v) is 22.4. The molecule has 2 aromatic rings. The van der Waals surface area contributed by atoms with E-state index < -0.39 is 40.0 Å². The number of imide groups is 1. The summed E-state index contributed by atoms with van der Waals surface area (Å²) in [5, 5.41) is 5.32. The van der Waals surface area contributed by atoms with Gasteiger partial charge in [-0.15, -0.1) is 0 Å². The maximum absolute atomic E-state index is 13.2. The van der Waals surface area contributed by atoms with Gasteiger partial charge >= 0.3 is 6.03 Å². The summed E-state index contributed by atoms with van der Waals surface area (Å²) in [5.74, 6) is -1.10. The Bertz CT molecular complexity index is 1250. The van der Waals surface area contributed by atoms with E-state index in [1.165, 1.54) is 28.6 Å². The van der Waals surface area contributed by atoms with Crippen LogP contribution in [0.1, 0.15) is 52.7 Å². The van der Waals surface area contributed by atoms with Crippen molar-refractivity contribution in [2.75, 3.05) is 25.0 Å². The molecular weight excluding hydrogens is 480 g/mol. The van der Waals surface area contributed by atoms with E-state index in [0.29, 0.717) is 24.3 Å². The monoisotopic (exact) mass is 514 g/mol. The predicted molar refractivity (Wildman–Crippen MR) is 138 cm³/mol. The molecule has 1 heterocycles. The molecule has 0 aliphatic carbocycles. The average molecular weight is 515 g/mol. The summed E-state index contributed by atoms with van der Waals surface area (Å²) < 4.78 is 26.6. The van der Waals surface area contributed by atoms with Crippen LogP contribution in [-0.2, 0) is 30.6 Å². The fraction of sp³-hybridized carbons (Fsp3) is 0.423. The Morgan fingerprint density at radius 2 is 1.56 bits per heavy atom. The van der Waals surface area contributed by atoms with Gasteiger partial charge in [-0.25, -0.2) is 13.2 Å². The van der Waals surface area contributed by atoms with E-state index in [2.05, 4.69) is 31.4 Å². The van der Waals surface area contributed by atoms with Crippen LogP contribution in [0, 0.1) is 0 Å². The van der Waals surface area contributed by atoms with Crippen LogP contribution in [0.2, 0.25) is 0 Å². The van der Waals surface area contributed by atoms with Gasteiger partial charge in [-0.1, -0.05) is 58.9 Å². The Hall–Kier alpha value is -3.24. The summed E-state index contributed by atoms with van der Waals surface area (Å²) >= 11 is 0. The highest BCUT2D eigenvalue weighted by molar-refractivity contribution is 7.89. The molecule has 9 nitrogen and oxygen atoms in total. The van der Waals surface area contributed by atoms with Crippen molar-refractivity contribution in [2.24, 2.45) is 0 Å². The van der Waals surface area contributed by atoms with Crippen LogP contribution in [-0.4, -0.2) is 55.1 Å². The Labute approximate surface area is 212 Å². The molecule has 3 rings (SSSR count). The minimum absolute atomic E-state index is 0.0553. The van der Waals surface area contributed by atoms with Crippen molar-refractivity contribution >= 4 is 33.6 Å². The molecule has 1 fully saturated rings. The zero-order valence-electron chi connectivity index (χ0n) is 21.6. The van der Waals surface area contributed by atoms with E-state index in [4.69, 9.17) is 0 Å². The molecule has 0 saturated carbocycles. The van der Waals surface area contributed by atoms with E-state index in [-0.39, 0.29) is 10.3 Å². The lowest BCUT2D eigenvalue weighted by atomic mass is 9.84. The number of hydrogen-bond donors (Lipinski definition) is 2. The van der Waals surface area contributed by atoms with E-state index >= 15 is 0 Å². The number of sulfonamides is 1. The third kappa shape index (κ3) is 5.29. The summed E-state index contributed by atoms with van der Waals surface area (Å²) in [6.45, 7) is 11.6. The Balaban J connectivity index is 1.70. The first-order valence-corrected chi connectivity index (χ1v) is 13.3. The number of nitrogens with one attached hydrogen (secondary N) is 2. The topological polar surface area (TPSA) is 116 Å². The van der Waals surface area contributed by atoms with E-state index in [0.717, 1.165) is 10.5 Å². The minimum Gasteiger partial charge on any atom is -0.325 e. The molecule has 1 aliphatic heterocycles. The Morgan fingerprint density at radius 3 is 2.06 bits per heavy atom. The number of amides is 4. The first-order valence-electron chi connectivity index (χ1n) is 11.9. The molecule has 1 saturated heterocycles. The fourth-order valence-corrected chi connectivity index (χ4v) is 5.56. The van der Waals surface area contributed by atoms with Crippen LogP contribution in [0.3, 0.4) is 0 Å². The molecule has 36 heavy (non-hydrogen) atoms. The molecular formula is C26H34N4O5S. The highest BCUT2D eigenvalue weighted by Crippen LogP contribution is 2.31. The van der Waals surface area contributed by atoms with Crippen molar-refractivity contribution in [3.8, 4) is 0 Å². The van der Waals surface area contributed by atoms with Crippen LogP contribution in [0.25, 0.3) is 0 Å². The van der Waals surface area contributed by atoms with Crippen LogP contribution in [0.4, 0.5) is 10.5 Å². The van der Waals surface area contributed by atoms with Gasteiger partial charge in [0, 0.05) is 18.8 Å². The maximum atomic E-state index is 13.2. The molecule has 0 aromatic heterocycles. The predicted octanol–water partition coefficient (Wildman–Crippen LogP) is 3.42. The van der Waals surface area contributed by atoms with Gasteiger partial charge in [0.2, 0.25) is 15.9 Å². The number of benzene rings is 2. The minimum atomic E-state index is -3.62. The SMILES string of the molecule is CCN(CC)S(=O)(=O)c1ccc(NC(=O)CN2C(=O)N[C@](C)(c3ccc(C(C)(C)C)cc3)C2=O)cc1. The Kier molecular flexibility index (Phi) is 7.61. The quantitative estimate of drug-likeness (QED) is 0.524. The number of carbonyl (C=O) groups is 3. The standard InChI is InChI=1S/C26H34N4O5S/c1-7-29(8-2)36(34,35)21-15-13-20(14-16-21)27-22(31)17-30-23(32)26(6,28-24(30)33)19-11-9-18(10-12-19)25(3,4)5/h9-16H,7-8,17H2,1-6H3,(H,27,31)(H,28,33)/t26-/m1/s1. The van der Waals surface area contributed by atoms with E-state index in [1.807, 2.05) is 24.3 Å². The highest BCUT2D eigenvalue weighted by atomic mass is 32.2. The highest BCUT2D eigenvalue weighted by Gasteiger charge is 2.49. The van der Waals surface area contributed by atoms with Crippen molar-refractivity contribution in [1.29, 1.82) is 0 Å². The third-order valence-corrected chi connectivity index (χ3v) is 8.45. The molecule has 0 radical (unpaired) electrons. The van der Waals surface area contributed by atoms with E-state index in [9.17, 15) is 22.8 Å². The van der Waals surface area contributed by atoms with E-state index in [1.54, 1.807) is 20.8 Å². The summed E-state index contributed by atoms with van der Waals surface area (Å²) in [6, 6.07) is 12.6. The first-order chi connectivity index (χ1) is 16.7. The zero-order chi connectivity index (χ0) is 26.9. The van der Waals surface area contributed by atoms with Gasteiger partial charge in [-0.2, -0.15) is 4.31 Å². The average Bonchev–Trinajstić information content (AvgIpc) is 3.03. The molecule has 4 amide bonds. The lowest BCUT2D eigenvalue weighted by molar-refractivity contribution is -0.133. The van der Waals surface area contributed by atoms with Crippen LogP contribution in [0.15, 0.2) is 53.4 Å². The van der Waals surface area contributed by atoms with Crippen LogP contribution in [0.5, 0.6) is 0 Å². The second-order valence-corrected chi connectivity index (χ2v) is 11.9. The molecule has 0 bridgehead atoms. The number of rotatable bonds is 8. The molecule has 2 aromatic carbocycles. The summed E-state index contributed by atoms with van der Waals surface area (Å²) in [4.78, 5) is 39.4. The summed E-state index contributed by atoms with van der Waals surface area (Å²) in [6.07, 6.45) is 0. The number of nitrogens with zero attached hydrogens (tertiary/aromatic N) is 2. The van der Waals surface area contributed by atoms with Gasteiger partial charge in [0.1, 0.15) is 12.1 Å². The lowest BCUT2D eigenvalue weighted by Crippen LogP contribution is -2.42. The third-order valence-electron chi connectivity index (χ3n) is 6.39. The second-order valence-electron chi connectivity index (χ2n) is 9.94. The molecule has 1 aliphatic rings. The molecule has 10 heteroatoms. The van der Waals surface area contributed by atoms with Gasteiger partial charge in [-0.3, -0.25) is 14.5 Å². The molecule has 2 N–H and O–H groups in total. The van der Waals surface area contributed by atoms with Crippen LogP contribution >= 0.6 is 0 Å². The lowest BCUT2D eigenvalue weighted by Gasteiger charge is -2.24.